The van der Waals surface area contributed by atoms with E-state index in [2.05, 4.69) is 21.3 Å². The van der Waals surface area contributed by atoms with E-state index in [0.717, 1.165) is 18.8 Å². The first-order valence-electron chi connectivity index (χ1n) is 8.16. The molecule has 4 rings (SSSR count). The normalized spacial score (nSPS) is 29.7. The lowest BCUT2D eigenvalue weighted by Gasteiger charge is -2.42. The van der Waals surface area contributed by atoms with Gasteiger partial charge in [0, 0.05) is 37.4 Å². The fourth-order valence-electron chi connectivity index (χ4n) is 3.94. The third-order valence-corrected chi connectivity index (χ3v) is 5.23. The molecule has 0 radical (unpaired) electrons. The molecule has 2 unspecified atom stereocenters. The monoisotopic (exact) mass is 288 g/mol. The summed E-state index contributed by atoms with van der Waals surface area (Å²) >= 11 is 0. The summed E-state index contributed by atoms with van der Waals surface area (Å²) in [6, 6.07) is 3.20. The van der Waals surface area contributed by atoms with Gasteiger partial charge in [-0.3, -0.25) is 9.69 Å². The molecule has 2 N–H and O–H groups in total. The smallest absolute Gasteiger partial charge is 0.270 e. The van der Waals surface area contributed by atoms with Gasteiger partial charge in [0.1, 0.15) is 5.69 Å². The van der Waals surface area contributed by atoms with Crippen molar-refractivity contribution in [1.82, 2.24) is 14.4 Å². The first kappa shape index (κ1) is 13.2. The highest BCUT2D eigenvalue weighted by atomic mass is 16.2. The molecule has 3 heterocycles. The van der Waals surface area contributed by atoms with E-state index in [0.29, 0.717) is 17.8 Å². The maximum Gasteiger partial charge on any atom is 0.270 e. The molecule has 21 heavy (non-hydrogen) atoms. The number of anilines is 1. The fourth-order valence-corrected chi connectivity index (χ4v) is 3.94. The van der Waals surface area contributed by atoms with Gasteiger partial charge in [0.15, 0.2) is 0 Å². The predicted octanol–water partition coefficient (Wildman–Crippen LogP) is 1.71. The SMILES string of the molecule is CC1CN2CCCC2CN1C(=O)c1cc(N)cn1C1CC1. The van der Waals surface area contributed by atoms with Crippen LogP contribution in [0.4, 0.5) is 5.69 Å². The predicted molar refractivity (Wildman–Crippen MR) is 82.2 cm³/mol. The second kappa shape index (κ2) is 4.77. The Labute approximate surface area is 125 Å². The lowest BCUT2D eigenvalue weighted by Crippen LogP contribution is -2.56. The number of hydrogen-bond donors (Lipinski definition) is 1. The molecule has 2 saturated heterocycles. The van der Waals surface area contributed by atoms with Gasteiger partial charge < -0.3 is 15.2 Å². The number of nitrogen functional groups attached to an aromatic ring is 1. The molecule has 3 aliphatic rings. The van der Waals surface area contributed by atoms with Crippen molar-refractivity contribution in [3.63, 3.8) is 0 Å². The summed E-state index contributed by atoms with van der Waals surface area (Å²) in [7, 11) is 0. The van der Waals surface area contributed by atoms with Crippen LogP contribution in [-0.4, -0.2) is 52.0 Å². The number of nitrogens with two attached hydrogens (primary N) is 1. The topological polar surface area (TPSA) is 54.5 Å². The van der Waals surface area contributed by atoms with E-state index in [4.69, 9.17) is 5.73 Å². The lowest BCUT2D eigenvalue weighted by molar-refractivity contribution is 0.0386. The van der Waals surface area contributed by atoms with E-state index in [9.17, 15) is 4.79 Å². The summed E-state index contributed by atoms with van der Waals surface area (Å²) in [6.07, 6.45) is 6.76. The lowest BCUT2D eigenvalue weighted by atomic mass is 10.1. The van der Waals surface area contributed by atoms with Crippen LogP contribution in [0.1, 0.15) is 49.1 Å². The minimum atomic E-state index is 0.164. The van der Waals surface area contributed by atoms with Crippen molar-refractivity contribution in [2.75, 3.05) is 25.4 Å². The van der Waals surface area contributed by atoms with Crippen LogP contribution in [0.15, 0.2) is 12.3 Å². The fraction of sp³-hybridized carbons (Fsp3) is 0.688. The summed E-state index contributed by atoms with van der Waals surface area (Å²) < 4.78 is 2.10. The molecular weight excluding hydrogens is 264 g/mol. The average Bonchev–Trinajstić information content (AvgIpc) is 3.08. The van der Waals surface area contributed by atoms with E-state index in [1.807, 2.05) is 12.3 Å². The third kappa shape index (κ3) is 2.24. The first-order chi connectivity index (χ1) is 10.1. The summed E-state index contributed by atoms with van der Waals surface area (Å²) in [6.45, 7) is 5.24. The van der Waals surface area contributed by atoms with Gasteiger partial charge in [0.2, 0.25) is 0 Å². The Morgan fingerprint density at radius 3 is 2.81 bits per heavy atom. The molecule has 0 aromatic carbocycles. The van der Waals surface area contributed by atoms with Gasteiger partial charge in [-0.2, -0.15) is 0 Å². The zero-order valence-corrected chi connectivity index (χ0v) is 12.7. The Balaban J connectivity index is 1.59. The van der Waals surface area contributed by atoms with Crippen molar-refractivity contribution >= 4 is 11.6 Å². The van der Waals surface area contributed by atoms with Gasteiger partial charge in [0.25, 0.3) is 5.91 Å². The Kier molecular flexibility index (Phi) is 2.99. The standard InChI is InChI=1S/C16H24N4O/c1-11-8-18-6-2-3-14(18)10-19(11)16(21)15-7-12(17)9-20(15)13-4-5-13/h7,9,11,13-14H,2-6,8,10,17H2,1H3. The molecule has 1 aliphatic carbocycles. The number of carbonyl (C=O) groups excluding carboxylic acids is 1. The van der Waals surface area contributed by atoms with Crippen LogP contribution in [0.2, 0.25) is 0 Å². The largest absolute Gasteiger partial charge is 0.397 e. The van der Waals surface area contributed by atoms with Gasteiger partial charge in [-0.25, -0.2) is 0 Å². The van der Waals surface area contributed by atoms with Gasteiger partial charge in [-0.1, -0.05) is 0 Å². The van der Waals surface area contributed by atoms with Crippen LogP contribution in [0.25, 0.3) is 0 Å². The maximum atomic E-state index is 13.0. The molecule has 114 valence electrons. The maximum absolute atomic E-state index is 13.0. The minimum absolute atomic E-state index is 0.164. The van der Waals surface area contributed by atoms with Gasteiger partial charge in [0.05, 0.1) is 5.69 Å². The molecule has 1 saturated carbocycles. The highest BCUT2D eigenvalue weighted by Gasteiger charge is 2.38. The molecule has 1 amide bonds. The molecule has 1 aromatic rings. The molecular formula is C16H24N4O. The van der Waals surface area contributed by atoms with Gasteiger partial charge >= 0.3 is 0 Å². The summed E-state index contributed by atoms with van der Waals surface area (Å²) in [5.74, 6) is 0.164. The molecule has 2 atom stereocenters. The summed E-state index contributed by atoms with van der Waals surface area (Å²) in [4.78, 5) is 17.6. The van der Waals surface area contributed by atoms with Crippen molar-refractivity contribution in [3.8, 4) is 0 Å². The van der Waals surface area contributed by atoms with E-state index in [-0.39, 0.29) is 11.9 Å². The second-order valence-electron chi connectivity index (χ2n) is 6.89. The molecule has 3 fully saturated rings. The molecule has 1 aromatic heterocycles. The molecule has 2 aliphatic heterocycles. The van der Waals surface area contributed by atoms with E-state index >= 15 is 0 Å². The number of amides is 1. The van der Waals surface area contributed by atoms with Crippen LogP contribution in [0, 0.1) is 0 Å². The van der Waals surface area contributed by atoms with Gasteiger partial charge in [-0.15, -0.1) is 0 Å². The van der Waals surface area contributed by atoms with Crippen molar-refractivity contribution in [2.45, 2.75) is 50.7 Å². The van der Waals surface area contributed by atoms with Crippen molar-refractivity contribution < 1.29 is 4.79 Å². The highest BCUT2D eigenvalue weighted by Crippen LogP contribution is 2.37. The highest BCUT2D eigenvalue weighted by molar-refractivity contribution is 5.94. The number of rotatable bonds is 2. The summed E-state index contributed by atoms with van der Waals surface area (Å²) in [5, 5.41) is 0. The number of aromatic nitrogens is 1. The third-order valence-electron chi connectivity index (χ3n) is 5.23. The molecule has 0 bridgehead atoms. The van der Waals surface area contributed by atoms with Crippen molar-refractivity contribution in [2.24, 2.45) is 0 Å². The van der Waals surface area contributed by atoms with E-state index < -0.39 is 0 Å². The Bertz CT molecular complexity index is 563. The average molecular weight is 288 g/mol. The number of carbonyl (C=O) groups is 1. The number of fused-ring (bicyclic) bond motifs is 1. The van der Waals surface area contributed by atoms with Crippen LogP contribution >= 0.6 is 0 Å². The Hall–Kier alpha value is -1.49. The zero-order valence-electron chi connectivity index (χ0n) is 12.7. The van der Waals surface area contributed by atoms with Crippen molar-refractivity contribution in [3.05, 3.63) is 18.0 Å². The Morgan fingerprint density at radius 1 is 1.24 bits per heavy atom. The van der Waals surface area contributed by atoms with Crippen LogP contribution in [-0.2, 0) is 0 Å². The van der Waals surface area contributed by atoms with Gasteiger partial charge in [-0.05, 0) is 45.2 Å². The number of hydrogen-bond acceptors (Lipinski definition) is 3. The quantitative estimate of drug-likeness (QED) is 0.901. The first-order valence-corrected chi connectivity index (χ1v) is 8.16. The van der Waals surface area contributed by atoms with Crippen LogP contribution in [0.5, 0.6) is 0 Å². The number of piperazine rings is 1. The molecule has 5 heteroatoms. The van der Waals surface area contributed by atoms with E-state index in [1.165, 1.54) is 32.2 Å². The van der Waals surface area contributed by atoms with Crippen LogP contribution < -0.4 is 5.73 Å². The summed E-state index contributed by atoms with van der Waals surface area (Å²) in [5.41, 5.74) is 7.42. The van der Waals surface area contributed by atoms with Crippen molar-refractivity contribution in [1.29, 1.82) is 0 Å². The zero-order chi connectivity index (χ0) is 14.6. The van der Waals surface area contributed by atoms with E-state index in [1.54, 1.807) is 0 Å². The number of nitrogens with zero attached hydrogens (tertiary/aromatic N) is 3. The minimum Gasteiger partial charge on any atom is -0.397 e. The molecule has 5 nitrogen and oxygen atoms in total. The second-order valence-corrected chi connectivity index (χ2v) is 6.89. The Morgan fingerprint density at radius 2 is 2.05 bits per heavy atom. The van der Waals surface area contributed by atoms with Crippen LogP contribution in [0.3, 0.4) is 0 Å². The molecule has 0 spiro atoms.